The van der Waals surface area contributed by atoms with Gasteiger partial charge in [0.25, 0.3) is 0 Å². The summed E-state index contributed by atoms with van der Waals surface area (Å²) in [6, 6.07) is 5.37. The summed E-state index contributed by atoms with van der Waals surface area (Å²) in [6.45, 7) is 0. The zero-order chi connectivity index (χ0) is 16.6. The van der Waals surface area contributed by atoms with Gasteiger partial charge in [-0.3, -0.25) is 4.79 Å². The fourth-order valence-electron chi connectivity index (χ4n) is 3.85. The van der Waals surface area contributed by atoms with Crippen molar-refractivity contribution in [2.24, 2.45) is 0 Å². The lowest BCUT2D eigenvalue weighted by Gasteiger charge is -2.38. The number of amides is 1. The Morgan fingerprint density at radius 3 is 2.48 bits per heavy atom. The summed E-state index contributed by atoms with van der Waals surface area (Å²) < 4.78 is 43.7. The molecule has 1 aromatic carbocycles. The number of carbonyl (C=O) groups is 1. The molecule has 23 heavy (non-hydrogen) atoms. The molecule has 2 heterocycles. The summed E-state index contributed by atoms with van der Waals surface area (Å²) in [6.07, 6.45) is -0.616. The van der Waals surface area contributed by atoms with Crippen LogP contribution in [-0.2, 0) is 22.1 Å². The molecule has 0 radical (unpaired) electrons. The lowest BCUT2D eigenvalue weighted by Crippen LogP contribution is -2.48. The minimum atomic E-state index is -4.38. The summed E-state index contributed by atoms with van der Waals surface area (Å²) in [5.74, 6) is -0.0774. The Bertz CT molecular complexity index is 573. The number of hydrogen-bond donors (Lipinski definition) is 0. The summed E-state index contributed by atoms with van der Waals surface area (Å²) >= 11 is 0. The van der Waals surface area contributed by atoms with Gasteiger partial charge in [-0.05, 0) is 37.3 Å². The Balaban J connectivity index is 1.71. The second-order valence-electron chi connectivity index (χ2n) is 6.39. The van der Waals surface area contributed by atoms with Crippen LogP contribution in [0, 0.1) is 0 Å². The van der Waals surface area contributed by atoms with Gasteiger partial charge in [0, 0.05) is 19.2 Å². The van der Waals surface area contributed by atoms with Crippen LogP contribution in [-0.4, -0.2) is 36.1 Å². The van der Waals surface area contributed by atoms with Crippen LogP contribution >= 0.6 is 0 Å². The number of carbonyl (C=O) groups excluding carboxylic acids is 1. The van der Waals surface area contributed by atoms with Crippen molar-refractivity contribution in [3.05, 3.63) is 35.4 Å². The fourth-order valence-corrected chi connectivity index (χ4v) is 3.85. The second kappa shape index (κ2) is 6.15. The smallest absolute Gasteiger partial charge is 0.381 e. The lowest BCUT2D eigenvalue weighted by atomic mass is 9.98. The zero-order valence-electron chi connectivity index (χ0n) is 13.0. The predicted octanol–water partition coefficient (Wildman–Crippen LogP) is 3.42. The zero-order valence-corrected chi connectivity index (χ0v) is 13.0. The van der Waals surface area contributed by atoms with E-state index < -0.39 is 11.7 Å². The Labute approximate surface area is 133 Å². The van der Waals surface area contributed by atoms with Crippen molar-refractivity contribution in [1.82, 2.24) is 4.90 Å². The summed E-state index contributed by atoms with van der Waals surface area (Å²) in [4.78, 5) is 14.5. The quantitative estimate of drug-likeness (QED) is 0.851. The van der Waals surface area contributed by atoms with E-state index in [0.29, 0.717) is 5.56 Å². The normalized spacial score (nSPS) is 27.3. The number of ether oxygens (including phenoxy) is 1. The standard InChI is InChI=1S/C17H20F3NO2/c1-23-15-9-13-5-6-14(10-15)21(13)16(22)8-11-3-2-4-12(7-11)17(18,19)20/h2-4,7,13-15H,5-6,8-10H2,1H3. The van der Waals surface area contributed by atoms with Gasteiger partial charge in [0.2, 0.25) is 5.91 Å². The van der Waals surface area contributed by atoms with Gasteiger partial charge in [-0.1, -0.05) is 18.2 Å². The molecule has 0 aromatic heterocycles. The van der Waals surface area contributed by atoms with Gasteiger partial charge in [-0.25, -0.2) is 0 Å². The van der Waals surface area contributed by atoms with Crippen LogP contribution in [0.15, 0.2) is 24.3 Å². The van der Waals surface area contributed by atoms with Crippen LogP contribution in [0.2, 0.25) is 0 Å². The molecule has 0 N–H and O–H groups in total. The minimum Gasteiger partial charge on any atom is -0.381 e. The first kappa shape index (κ1) is 16.3. The number of halogens is 3. The third-order valence-electron chi connectivity index (χ3n) is 4.92. The molecule has 3 rings (SSSR count). The molecule has 2 bridgehead atoms. The van der Waals surface area contributed by atoms with Crippen molar-refractivity contribution >= 4 is 5.91 Å². The van der Waals surface area contributed by atoms with E-state index in [1.807, 2.05) is 4.90 Å². The molecule has 6 heteroatoms. The molecule has 0 aliphatic carbocycles. The van der Waals surface area contributed by atoms with Gasteiger partial charge in [-0.15, -0.1) is 0 Å². The lowest BCUT2D eigenvalue weighted by molar-refractivity contribution is -0.139. The van der Waals surface area contributed by atoms with Crippen molar-refractivity contribution < 1.29 is 22.7 Å². The van der Waals surface area contributed by atoms with E-state index in [2.05, 4.69) is 0 Å². The Morgan fingerprint density at radius 2 is 1.91 bits per heavy atom. The number of hydrogen-bond acceptors (Lipinski definition) is 2. The van der Waals surface area contributed by atoms with Gasteiger partial charge < -0.3 is 9.64 Å². The van der Waals surface area contributed by atoms with E-state index in [1.54, 1.807) is 13.2 Å². The van der Waals surface area contributed by atoms with Crippen LogP contribution < -0.4 is 0 Å². The average Bonchev–Trinajstić information content (AvgIpc) is 2.77. The largest absolute Gasteiger partial charge is 0.416 e. The number of nitrogens with zero attached hydrogens (tertiary/aromatic N) is 1. The van der Waals surface area contributed by atoms with Crippen LogP contribution in [0.3, 0.4) is 0 Å². The van der Waals surface area contributed by atoms with Crippen molar-refractivity contribution in [3.8, 4) is 0 Å². The highest BCUT2D eigenvalue weighted by Crippen LogP contribution is 2.37. The van der Waals surface area contributed by atoms with Gasteiger partial charge in [0.15, 0.2) is 0 Å². The SMILES string of the molecule is COC1CC2CCC(C1)N2C(=O)Cc1cccc(C(F)(F)F)c1. The van der Waals surface area contributed by atoms with Crippen LogP contribution in [0.5, 0.6) is 0 Å². The van der Waals surface area contributed by atoms with E-state index in [1.165, 1.54) is 6.07 Å². The fraction of sp³-hybridized carbons (Fsp3) is 0.588. The topological polar surface area (TPSA) is 29.5 Å². The Kier molecular flexibility index (Phi) is 4.36. The third kappa shape index (κ3) is 3.37. The molecule has 3 nitrogen and oxygen atoms in total. The predicted molar refractivity (Wildman–Crippen MR) is 78.8 cm³/mol. The molecule has 2 aliphatic heterocycles. The second-order valence-corrected chi connectivity index (χ2v) is 6.39. The molecule has 2 unspecified atom stereocenters. The first-order valence-electron chi connectivity index (χ1n) is 7.88. The number of alkyl halides is 3. The molecule has 2 fully saturated rings. The number of methoxy groups -OCH3 is 1. The molecule has 0 spiro atoms. The monoisotopic (exact) mass is 327 g/mol. The van der Waals surface area contributed by atoms with E-state index in [4.69, 9.17) is 4.74 Å². The summed E-state index contributed by atoms with van der Waals surface area (Å²) in [7, 11) is 1.68. The van der Waals surface area contributed by atoms with Crippen molar-refractivity contribution in [3.63, 3.8) is 0 Å². The molecule has 2 aliphatic rings. The van der Waals surface area contributed by atoms with Crippen LogP contribution in [0.1, 0.15) is 36.8 Å². The maximum Gasteiger partial charge on any atom is 0.416 e. The van der Waals surface area contributed by atoms with Gasteiger partial charge in [-0.2, -0.15) is 13.2 Å². The van der Waals surface area contributed by atoms with Gasteiger partial charge >= 0.3 is 6.18 Å². The number of piperidine rings is 1. The van der Waals surface area contributed by atoms with Crippen LogP contribution in [0.4, 0.5) is 13.2 Å². The molecule has 2 atom stereocenters. The highest BCUT2D eigenvalue weighted by atomic mass is 19.4. The van der Waals surface area contributed by atoms with Crippen molar-refractivity contribution in [1.29, 1.82) is 0 Å². The highest BCUT2D eigenvalue weighted by Gasteiger charge is 2.43. The van der Waals surface area contributed by atoms with E-state index in [0.717, 1.165) is 37.8 Å². The molecular weight excluding hydrogens is 307 g/mol. The molecule has 1 aromatic rings. The van der Waals surface area contributed by atoms with Crippen molar-refractivity contribution in [2.75, 3.05) is 7.11 Å². The van der Waals surface area contributed by atoms with Gasteiger partial charge in [0.05, 0.1) is 18.1 Å². The Hall–Kier alpha value is -1.56. The van der Waals surface area contributed by atoms with E-state index >= 15 is 0 Å². The summed E-state index contributed by atoms with van der Waals surface area (Å²) in [5, 5.41) is 0. The third-order valence-corrected chi connectivity index (χ3v) is 4.92. The molecular formula is C17H20F3NO2. The maximum absolute atomic E-state index is 12.8. The van der Waals surface area contributed by atoms with Crippen LogP contribution in [0.25, 0.3) is 0 Å². The first-order chi connectivity index (χ1) is 10.9. The van der Waals surface area contributed by atoms with Gasteiger partial charge in [0.1, 0.15) is 0 Å². The number of benzene rings is 1. The molecule has 1 amide bonds. The summed E-state index contributed by atoms with van der Waals surface area (Å²) in [5.41, 5.74) is -0.290. The maximum atomic E-state index is 12.8. The van der Waals surface area contributed by atoms with E-state index in [-0.39, 0.29) is 30.5 Å². The number of fused-ring (bicyclic) bond motifs is 2. The van der Waals surface area contributed by atoms with E-state index in [9.17, 15) is 18.0 Å². The molecule has 0 saturated carbocycles. The molecule has 126 valence electrons. The highest BCUT2D eigenvalue weighted by molar-refractivity contribution is 5.80. The minimum absolute atomic E-state index is 0.0224. The number of rotatable bonds is 3. The molecule has 2 saturated heterocycles. The first-order valence-corrected chi connectivity index (χ1v) is 7.88. The average molecular weight is 327 g/mol. The Morgan fingerprint density at radius 1 is 1.26 bits per heavy atom. The van der Waals surface area contributed by atoms with Crippen molar-refractivity contribution in [2.45, 2.75) is 56.5 Å².